The lowest BCUT2D eigenvalue weighted by Crippen LogP contribution is -2.39. The molecule has 0 aliphatic heterocycles. The topological polar surface area (TPSA) is 66.4 Å². The first-order chi connectivity index (χ1) is 7.42. The van der Waals surface area contributed by atoms with Gasteiger partial charge in [0.25, 0.3) is 0 Å². The SMILES string of the molecule is C[C@@](O)(CNS(=O)(=O)C1CC1)c1cccs1. The minimum absolute atomic E-state index is 0.0341. The zero-order valence-electron chi connectivity index (χ0n) is 9.01. The molecule has 4 nitrogen and oxygen atoms in total. The zero-order chi connectivity index (χ0) is 11.8. The first kappa shape index (κ1) is 12.0. The Morgan fingerprint density at radius 2 is 2.31 bits per heavy atom. The first-order valence-electron chi connectivity index (χ1n) is 5.17. The second kappa shape index (κ2) is 4.10. The van der Waals surface area contributed by atoms with E-state index in [-0.39, 0.29) is 11.8 Å². The second-order valence-electron chi connectivity index (χ2n) is 4.32. The van der Waals surface area contributed by atoms with E-state index < -0.39 is 15.6 Å². The molecular weight excluding hydrogens is 246 g/mol. The van der Waals surface area contributed by atoms with E-state index in [1.807, 2.05) is 11.4 Å². The van der Waals surface area contributed by atoms with E-state index in [2.05, 4.69) is 4.72 Å². The Balaban J connectivity index is 1.99. The third kappa shape index (κ3) is 2.63. The Morgan fingerprint density at radius 1 is 1.62 bits per heavy atom. The number of thiophene rings is 1. The van der Waals surface area contributed by atoms with Gasteiger partial charge in [-0.15, -0.1) is 11.3 Å². The van der Waals surface area contributed by atoms with Gasteiger partial charge >= 0.3 is 0 Å². The number of nitrogens with one attached hydrogen (secondary N) is 1. The van der Waals surface area contributed by atoms with Crippen LogP contribution in [-0.4, -0.2) is 25.3 Å². The fourth-order valence-corrected chi connectivity index (χ4v) is 3.67. The van der Waals surface area contributed by atoms with Crippen molar-refractivity contribution in [3.63, 3.8) is 0 Å². The molecule has 0 saturated heterocycles. The van der Waals surface area contributed by atoms with Crippen molar-refractivity contribution in [2.24, 2.45) is 0 Å². The highest BCUT2D eigenvalue weighted by molar-refractivity contribution is 7.90. The molecule has 1 saturated carbocycles. The Morgan fingerprint density at radius 3 is 2.81 bits per heavy atom. The van der Waals surface area contributed by atoms with Crippen molar-refractivity contribution in [2.75, 3.05) is 6.54 Å². The van der Waals surface area contributed by atoms with Gasteiger partial charge in [-0.2, -0.15) is 0 Å². The molecule has 1 atom stereocenters. The molecule has 2 rings (SSSR count). The summed E-state index contributed by atoms with van der Waals surface area (Å²) in [6.45, 7) is 1.65. The van der Waals surface area contributed by atoms with Gasteiger partial charge in [-0.25, -0.2) is 13.1 Å². The van der Waals surface area contributed by atoms with Crippen molar-refractivity contribution in [3.05, 3.63) is 22.4 Å². The second-order valence-corrected chi connectivity index (χ2v) is 7.31. The third-order valence-electron chi connectivity index (χ3n) is 2.63. The maximum Gasteiger partial charge on any atom is 0.214 e. The van der Waals surface area contributed by atoms with Crippen LogP contribution in [0.15, 0.2) is 17.5 Å². The van der Waals surface area contributed by atoms with Gasteiger partial charge in [0, 0.05) is 11.4 Å². The number of hydrogen-bond donors (Lipinski definition) is 2. The lowest BCUT2D eigenvalue weighted by molar-refractivity contribution is 0.0666. The van der Waals surface area contributed by atoms with Gasteiger partial charge in [-0.05, 0) is 31.2 Å². The van der Waals surface area contributed by atoms with E-state index in [1.54, 1.807) is 13.0 Å². The molecular formula is C10H15NO3S2. The van der Waals surface area contributed by atoms with Crippen LogP contribution in [0.1, 0.15) is 24.6 Å². The van der Waals surface area contributed by atoms with Gasteiger partial charge < -0.3 is 5.11 Å². The Kier molecular flexibility index (Phi) is 3.09. The molecule has 0 aromatic carbocycles. The van der Waals surface area contributed by atoms with E-state index in [1.165, 1.54) is 11.3 Å². The molecule has 1 heterocycles. The largest absolute Gasteiger partial charge is 0.383 e. The molecule has 0 spiro atoms. The molecule has 6 heteroatoms. The summed E-state index contributed by atoms with van der Waals surface area (Å²) in [7, 11) is -3.22. The summed E-state index contributed by atoms with van der Waals surface area (Å²) in [4.78, 5) is 0.769. The molecule has 1 aliphatic carbocycles. The van der Waals surface area contributed by atoms with Crippen LogP contribution in [0.25, 0.3) is 0 Å². The minimum Gasteiger partial charge on any atom is -0.383 e. The first-order valence-corrected chi connectivity index (χ1v) is 7.59. The molecule has 0 unspecified atom stereocenters. The van der Waals surface area contributed by atoms with Crippen molar-refractivity contribution in [1.82, 2.24) is 4.72 Å². The van der Waals surface area contributed by atoms with Crippen LogP contribution in [0.3, 0.4) is 0 Å². The van der Waals surface area contributed by atoms with Crippen molar-refractivity contribution >= 4 is 21.4 Å². The highest BCUT2D eigenvalue weighted by Gasteiger charge is 2.37. The molecule has 90 valence electrons. The summed E-state index contributed by atoms with van der Waals surface area (Å²) in [6, 6.07) is 3.64. The smallest absolute Gasteiger partial charge is 0.214 e. The highest BCUT2D eigenvalue weighted by atomic mass is 32.2. The van der Waals surface area contributed by atoms with Crippen molar-refractivity contribution in [2.45, 2.75) is 30.6 Å². The van der Waals surface area contributed by atoms with Crippen LogP contribution in [0, 0.1) is 0 Å². The van der Waals surface area contributed by atoms with Crippen LogP contribution in [0.5, 0.6) is 0 Å². The number of sulfonamides is 1. The summed E-state index contributed by atoms with van der Waals surface area (Å²) >= 11 is 1.42. The summed E-state index contributed by atoms with van der Waals surface area (Å²) in [6.07, 6.45) is 1.47. The lowest BCUT2D eigenvalue weighted by atomic mass is 10.1. The molecule has 16 heavy (non-hydrogen) atoms. The van der Waals surface area contributed by atoms with Crippen LogP contribution in [0.4, 0.5) is 0 Å². The monoisotopic (exact) mass is 261 g/mol. The van der Waals surface area contributed by atoms with Crippen molar-refractivity contribution < 1.29 is 13.5 Å². The van der Waals surface area contributed by atoms with Gasteiger partial charge in [0.1, 0.15) is 5.60 Å². The van der Waals surface area contributed by atoms with E-state index in [4.69, 9.17) is 0 Å². The van der Waals surface area contributed by atoms with E-state index in [0.29, 0.717) is 0 Å². The van der Waals surface area contributed by atoms with Crippen molar-refractivity contribution in [1.29, 1.82) is 0 Å². The molecule has 1 aromatic heterocycles. The fourth-order valence-electron chi connectivity index (χ4n) is 1.41. The van der Waals surface area contributed by atoms with Crippen LogP contribution in [-0.2, 0) is 15.6 Å². The van der Waals surface area contributed by atoms with Crippen molar-refractivity contribution in [3.8, 4) is 0 Å². The molecule has 1 aromatic rings. The van der Waals surface area contributed by atoms with Gasteiger partial charge in [-0.3, -0.25) is 0 Å². The molecule has 1 fully saturated rings. The number of hydrogen-bond acceptors (Lipinski definition) is 4. The lowest BCUT2D eigenvalue weighted by Gasteiger charge is -2.22. The molecule has 0 amide bonds. The fraction of sp³-hybridized carbons (Fsp3) is 0.600. The predicted octanol–water partition coefficient (Wildman–Crippen LogP) is 1.04. The van der Waals surface area contributed by atoms with Gasteiger partial charge in [0.2, 0.25) is 10.0 Å². The summed E-state index contributed by atoms with van der Waals surface area (Å²) in [5.74, 6) is 0. The molecule has 0 bridgehead atoms. The predicted molar refractivity (Wildman–Crippen MR) is 63.8 cm³/mol. The van der Waals surface area contributed by atoms with Gasteiger partial charge in [0.15, 0.2) is 0 Å². The van der Waals surface area contributed by atoms with Gasteiger partial charge in [-0.1, -0.05) is 6.07 Å². The van der Waals surface area contributed by atoms with E-state index in [9.17, 15) is 13.5 Å². The summed E-state index contributed by atoms with van der Waals surface area (Å²) in [5.41, 5.74) is -1.13. The summed E-state index contributed by atoms with van der Waals surface area (Å²) < 4.78 is 25.7. The van der Waals surface area contributed by atoms with Crippen LogP contribution < -0.4 is 4.72 Å². The van der Waals surface area contributed by atoms with Crippen LogP contribution in [0.2, 0.25) is 0 Å². The normalized spacial score (nSPS) is 20.6. The number of aliphatic hydroxyl groups is 1. The van der Waals surface area contributed by atoms with E-state index in [0.717, 1.165) is 17.7 Å². The van der Waals surface area contributed by atoms with Crippen LogP contribution >= 0.6 is 11.3 Å². The zero-order valence-corrected chi connectivity index (χ0v) is 10.6. The Bertz CT molecular complexity index is 446. The maximum atomic E-state index is 11.6. The van der Waals surface area contributed by atoms with Gasteiger partial charge in [0.05, 0.1) is 5.25 Å². The highest BCUT2D eigenvalue weighted by Crippen LogP contribution is 2.29. The number of rotatable bonds is 5. The average molecular weight is 261 g/mol. The average Bonchev–Trinajstić information content (AvgIpc) is 2.92. The Hall–Kier alpha value is -0.430. The standard InChI is InChI=1S/C10H15NO3S2/c1-10(12,9-3-2-6-15-9)7-11-16(13,14)8-4-5-8/h2-3,6,8,11-12H,4-5,7H2,1H3/t10-/m1/s1. The molecule has 1 aliphatic rings. The maximum absolute atomic E-state index is 11.6. The van der Waals surface area contributed by atoms with E-state index >= 15 is 0 Å². The molecule has 0 radical (unpaired) electrons. The minimum atomic E-state index is -3.22. The third-order valence-corrected chi connectivity index (χ3v) is 5.65. The summed E-state index contributed by atoms with van der Waals surface area (Å²) in [5, 5.41) is 11.7. The quantitative estimate of drug-likeness (QED) is 0.832. The molecule has 2 N–H and O–H groups in total. The Labute approximate surface area is 99.4 Å².